The van der Waals surface area contributed by atoms with E-state index in [1.165, 1.54) is 18.2 Å². The Labute approximate surface area is 121 Å². The van der Waals surface area contributed by atoms with Crippen LogP contribution in [0.25, 0.3) is 0 Å². The van der Waals surface area contributed by atoms with Crippen LogP contribution in [-0.4, -0.2) is 29.6 Å². The average molecular weight is 294 g/mol. The molecule has 1 aromatic rings. The molecule has 2 rings (SSSR count). The first-order valence-electron chi connectivity index (χ1n) is 6.60. The van der Waals surface area contributed by atoms with Crippen LogP contribution in [0, 0.1) is 10.1 Å². The number of benzene rings is 1. The van der Waals surface area contributed by atoms with Crippen LogP contribution >= 0.6 is 0 Å². The van der Waals surface area contributed by atoms with Crippen molar-refractivity contribution in [3.05, 3.63) is 33.9 Å². The monoisotopic (exact) mass is 294 g/mol. The molecule has 0 aliphatic carbocycles. The van der Waals surface area contributed by atoms with Crippen molar-refractivity contribution in [2.24, 2.45) is 5.84 Å². The van der Waals surface area contributed by atoms with Crippen LogP contribution in [0.4, 0.5) is 11.4 Å². The van der Waals surface area contributed by atoms with Crippen molar-refractivity contribution in [3.63, 3.8) is 0 Å². The van der Waals surface area contributed by atoms with Gasteiger partial charge in [-0.25, -0.2) is 0 Å². The molecule has 1 aliphatic heterocycles. The summed E-state index contributed by atoms with van der Waals surface area (Å²) in [5, 5.41) is 13.8. The highest BCUT2D eigenvalue weighted by atomic mass is 16.6. The second kappa shape index (κ2) is 6.06. The molecular formula is C13H18N4O4. The number of hydrogen-bond donors (Lipinski definition) is 3. The molecule has 0 saturated carbocycles. The van der Waals surface area contributed by atoms with E-state index in [0.29, 0.717) is 13.2 Å². The molecule has 1 atom stereocenters. The van der Waals surface area contributed by atoms with Gasteiger partial charge in [0.25, 0.3) is 11.6 Å². The lowest BCUT2D eigenvalue weighted by Crippen LogP contribution is -2.51. The molecule has 0 spiro atoms. The molecule has 4 N–H and O–H groups in total. The number of hydrogen-bond acceptors (Lipinski definition) is 6. The van der Waals surface area contributed by atoms with Gasteiger partial charge in [0.2, 0.25) is 0 Å². The van der Waals surface area contributed by atoms with E-state index in [4.69, 9.17) is 10.6 Å². The summed E-state index contributed by atoms with van der Waals surface area (Å²) in [5.41, 5.74) is 1.92. The number of nitrogen functional groups attached to an aromatic ring is 1. The number of carbonyl (C=O) groups excluding carboxylic acids is 1. The Balaban J connectivity index is 2.19. The maximum Gasteiger partial charge on any atom is 0.294 e. The molecule has 0 aromatic heterocycles. The number of nitrogens with two attached hydrogens (primary N) is 1. The predicted molar refractivity (Wildman–Crippen MR) is 76.8 cm³/mol. The van der Waals surface area contributed by atoms with Gasteiger partial charge >= 0.3 is 0 Å². The summed E-state index contributed by atoms with van der Waals surface area (Å²) >= 11 is 0. The summed E-state index contributed by atoms with van der Waals surface area (Å²) < 4.78 is 5.37. The lowest BCUT2D eigenvalue weighted by Gasteiger charge is -2.34. The molecule has 1 fully saturated rings. The van der Waals surface area contributed by atoms with Crippen LogP contribution in [0.15, 0.2) is 18.2 Å². The maximum absolute atomic E-state index is 12.3. The van der Waals surface area contributed by atoms with Gasteiger partial charge in [-0.05, 0) is 31.9 Å². The Morgan fingerprint density at radius 2 is 2.29 bits per heavy atom. The van der Waals surface area contributed by atoms with Crippen molar-refractivity contribution in [2.75, 3.05) is 18.6 Å². The fraction of sp³-hybridized carbons (Fsp3) is 0.462. The van der Waals surface area contributed by atoms with E-state index in [9.17, 15) is 14.9 Å². The molecule has 1 aromatic carbocycles. The summed E-state index contributed by atoms with van der Waals surface area (Å²) in [6.07, 6.45) is 1.68. The summed E-state index contributed by atoms with van der Waals surface area (Å²) in [5.74, 6) is 4.85. The molecule has 8 heteroatoms. The van der Waals surface area contributed by atoms with Gasteiger partial charge in [-0.2, -0.15) is 0 Å². The number of nitrogens with zero attached hydrogens (tertiary/aromatic N) is 1. The van der Waals surface area contributed by atoms with Crippen LogP contribution in [-0.2, 0) is 4.74 Å². The number of carbonyl (C=O) groups is 1. The average Bonchev–Trinajstić information content (AvgIpc) is 2.46. The SMILES string of the molecule is CC1(NC(=O)c2ccc(NN)c([N+](=O)[O-])c2)CCCOC1. The predicted octanol–water partition coefficient (Wildman–Crippen LogP) is 1.18. The minimum absolute atomic E-state index is 0.156. The standard InChI is InChI=1S/C13H18N4O4/c1-13(5-2-6-21-8-13)15-12(18)9-3-4-10(16-14)11(7-9)17(19)20/h3-4,7,16H,2,5-6,8,14H2,1H3,(H,15,18). The third-order valence-electron chi connectivity index (χ3n) is 3.47. The number of nitrogens with one attached hydrogen (secondary N) is 2. The normalized spacial score (nSPS) is 21.6. The molecule has 0 bridgehead atoms. The quantitative estimate of drug-likeness (QED) is 0.436. The van der Waals surface area contributed by atoms with E-state index in [2.05, 4.69) is 10.7 Å². The van der Waals surface area contributed by atoms with Gasteiger partial charge < -0.3 is 15.5 Å². The smallest absolute Gasteiger partial charge is 0.294 e. The first-order chi connectivity index (χ1) is 9.95. The molecule has 21 heavy (non-hydrogen) atoms. The van der Waals surface area contributed by atoms with Crippen molar-refractivity contribution in [1.29, 1.82) is 0 Å². The Bertz CT molecular complexity index is 555. The lowest BCUT2D eigenvalue weighted by atomic mass is 9.94. The Kier molecular flexibility index (Phi) is 4.39. The fourth-order valence-electron chi connectivity index (χ4n) is 2.32. The fourth-order valence-corrected chi connectivity index (χ4v) is 2.32. The Morgan fingerprint density at radius 1 is 1.52 bits per heavy atom. The summed E-state index contributed by atoms with van der Waals surface area (Å²) in [7, 11) is 0. The third kappa shape index (κ3) is 3.47. The molecule has 1 amide bonds. The van der Waals surface area contributed by atoms with Gasteiger partial charge in [-0.15, -0.1) is 0 Å². The Hall–Kier alpha value is -2.19. The first-order valence-corrected chi connectivity index (χ1v) is 6.60. The highest BCUT2D eigenvalue weighted by Gasteiger charge is 2.30. The minimum Gasteiger partial charge on any atom is -0.379 e. The zero-order valence-corrected chi connectivity index (χ0v) is 11.7. The lowest BCUT2D eigenvalue weighted by molar-refractivity contribution is -0.384. The van der Waals surface area contributed by atoms with Gasteiger partial charge in [0.05, 0.1) is 17.1 Å². The molecule has 114 valence electrons. The highest BCUT2D eigenvalue weighted by molar-refractivity contribution is 5.96. The number of rotatable bonds is 4. The van der Waals surface area contributed by atoms with E-state index < -0.39 is 10.5 Å². The van der Waals surface area contributed by atoms with E-state index >= 15 is 0 Å². The van der Waals surface area contributed by atoms with E-state index in [0.717, 1.165) is 12.8 Å². The van der Waals surface area contributed by atoms with Gasteiger partial charge in [-0.3, -0.25) is 20.8 Å². The second-order valence-electron chi connectivity index (χ2n) is 5.30. The molecule has 1 saturated heterocycles. The first kappa shape index (κ1) is 15.2. The molecule has 1 heterocycles. The zero-order valence-electron chi connectivity index (χ0n) is 11.7. The molecular weight excluding hydrogens is 276 g/mol. The van der Waals surface area contributed by atoms with E-state index in [-0.39, 0.29) is 22.8 Å². The van der Waals surface area contributed by atoms with Crippen LogP contribution in [0.3, 0.4) is 0 Å². The summed E-state index contributed by atoms with van der Waals surface area (Å²) in [4.78, 5) is 22.6. The third-order valence-corrected chi connectivity index (χ3v) is 3.47. The number of amides is 1. The van der Waals surface area contributed by atoms with Crippen molar-refractivity contribution in [1.82, 2.24) is 5.32 Å². The number of hydrazine groups is 1. The molecule has 1 unspecified atom stereocenters. The van der Waals surface area contributed by atoms with Crippen molar-refractivity contribution in [2.45, 2.75) is 25.3 Å². The Morgan fingerprint density at radius 3 is 2.86 bits per heavy atom. The highest BCUT2D eigenvalue weighted by Crippen LogP contribution is 2.25. The van der Waals surface area contributed by atoms with Crippen molar-refractivity contribution < 1.29 is 14.5 Å². The topological polar surface area (TPSA) is 120 Å². The van der Waals surface area contributed by atoms with E-state index in [1.54, 1.807) is 0 Å². The number of anilines is 1. The van der Waals surface area contributed by atoms with Crippen LogP contribution in [0.2, 0.25) is 0 Å². The number of nitro benzene ring substituents is 1. The van der Waals surface area contributed by atoms with Gasteiger partial charge in [0, 0.05) is 18.2 Å². The van der Waals surface area contributed by atoms with Crippen LogP contribution in [0.1, 0.15) is 30.1 Å². The van der Waals surface area contributed by atoms with E-state index in [1.807, 2.05) is 6.92 Å². The van der Waals surface area contributed by atoms with Gasteiger partial charge in [0.1, 0.15) is 5.69 Å². The maximum atomic E-state index is 12.3. The molecule has 8 nitrogen and oxygen atoms in total. The van der Waals surface area contributed by atoms with Crippen molar-refractivity contribution >= 4 is 17.3 Å². The number of nitro groups is 1. The molecule has 1 aliphatic rings. The van der Waals surface area contributed by atoms with Gasteiger partial charge in [0.15, 0.2) is 0 Å². The largest absolute Gasteiger partial charge is 0.379 e. The minimum atomic E-state index is -0.586. The number of ether oxygens (including phenoxy) is 1. The molecule has 0 radical (unpaired) electrons. The summed E-state index contributed by atoms with van der Waals surface area (Å²) in [6.45, 7) is 3.02. The van der Waals surface area contributed by atoms with Crippen LogP contribution < -0.4 is 16.6 Å². The zero-order chi connectivity index (χ0) is 15.5. The van der Waals surface area contributed by atoms with Crippen LogP contribution in [0.5, 0.6) is 0 Å². The second-order valence-corrected chi connectivity index (χ2v) is 5.30. The van der Waals surface area contributed by atoms with Crippen molar-refractivity contribution in [3.8, 4) is 0 Å². The summed E-state index contributed by atoms with van der Waals surface area (Å²) in [6, 6.07) is 4.11. The van der Waals surface area contributed by atoms with Gasteiger partial charge in [-0.1, -0.05) is 0 Å².